The summed E-state index contributed by atoms with van der Waals surface area (Å²) < 4.78 is 0. The summed E-state index contributed by atoms with van der Waals surface area (Å²) in [7, 11) is 0. The molecule has 0 atom stereocenters. The Kier molecular flexibility index (Phi) is 6.93. The first-order valence-corrected chi connectivity index (χ1v) is 12.3. The highest BCUT2D eigenvalue weighted by molar-refractivity contribution is 7.99. The van der Waals surface area contributed by atoms with Crippen molar-refractivity contribution in [3.8, 4) is 11.4 Å². The monoisotopic (exact) mass is 475 g/mol. The van der Waals surface area contributed by atoms with Crippen molar-refractivity contribution in [1.29, 1.82) is 0 Å². The Bertz CT molecular complexity index is 1320. The lowest BCUT2D eigenvalue weighted by Gasteiger charge is -2.26. The summed E-state index contributed by atoms with van der Waals surface area (Å²) in [5.74, 6) is -0.648. The molecule has 6 nitrogen and oxygen atoms in total. The summed E-state index contributed by atoms with van der Waals surface area (Å²) in [4.78, 5) is 14.7. The van der Waals surface area contributed by atoms with Crippen molar-refractivity contribution in [2.24, 2.45) is 0 Å². The number of carboxylic acid groups (broad SMARTS) is 1. The van der Waals surface area contributed by atoms with Crippen LogP contribution in [-0.4, -0.2) is 31.2 Å². The van der Waals surface area contributed by atoms with E-state index in [0.717, 1.165) is 38.4 Å². The molecular formula is C27H29N3O3S. The number of aliphatic carboxylic acids is 1. The predicted molar refractivity (Wildman–Crippen MR) is 135 cm³/mol. The fraction of sp³-hybridized carbons (Fsp3) is 0.296. The van der Waals surface area contributed by atoms with Crippen LogP contribution in [0.25, 0.3) is 16.7 Å². The molecule has 4 aromatic rings. The van der Waals surface area contributed by atoms with Gasteiger partial charge in [0.05, 0.1) is 0 Å². The highest BCUT2D eigenvalue weighted by Gasteiger charge is 2.26. The van der Waals surface area contributed by atoms with Gasteiger partial charge in [-0.1, -0.05) is 56.8 Å². The standard InChI is InChI=1S/C27H29N3O3S/c1-4-27(2,3)21-15-18(9-8-12-25(31)32)16-24(26(21)33)30-28-22-14-13-20(17-23(22)29-30)34-19-10-6-5-7-11-19/h5-7,10-11,13-17,33H,4,8-9,12H2,1-3H3,(H,31,32). The van der Waals surface area contributed by atoms with E-state index in [1.54, 1.807) is 11.8 Å². The van der Waals surface area contributed by atoms with Crippen LogP contribution in [-0.2, 0) is 16.6 Å². The zero-order chi connectivity index (χ0) is 24.3. The molecule has 3 aromatic carbocycles. The normalized spacial score (nSPS) is 11.7. The third-order valence-electron chi connectivity index (χ3n) is 6.16. The van der Waals surface area contributed by atoms with Crippen LogP contribution < -0.4 is 0 Å². The number of fused-ring (bicyclic) bond motifs is 1. The molecule has 1 aromatic heterocycles. The Morgan fingerprint density at radius 3 is 2.44 bits per heavy atom. The maximum Gasteiger partial charge on any atom is 0.303 e. The fourth-order valence-electron chi connectivity index (χ4n) is 3.81. The number of carboxylic acids is 1. The van der Waals surface area contributed by atoms with Crippen LogP contribution in [0.3, 0.4) is 0 Å². The maximum absolute atomic E-state index is 11.2. The van der Waals surface area contributed by atoms with Gasteiger partial charge in [-0.15, -0.1) is 15.0 Å². The summed E-state index contributed by atoms with van der Waals surface area (Å²) in [6.45, 7) is 6.27. The van der Waals surface area contributed by atoms with Gasteiger partial charge in [0, 0.05) is 21.8 Å². The van der Waals surface area contributed by atoms with Gasteiger partial charge >= 0.3 is 5.97 Å². The first kappa shape index (κ1) is 23.8. The predicted octanol–water partition coefficient (Wildman–Crippen LogP) is 6.37. The van der Waals surface area contributed by atoms with Gasteiger partial charge in [-0.05, 0) is 66.6 Å². The molecule has 0 aliphatic rings. The number of hydrogen-bond acceptors (Lipinski definition) is 5. The number of aryl methyl sites for hydroxylation is 1. The van der Waals surface area contributed by atoms with Gasteiger partial charge in [0.1, 0.15) is 22.5 Å². The molecule has 34 heavy (non-hydrogen) atoms. The minimum atomic E-state index is -0.808. The van der Waals surface area contributed by atoms with E-state index in [-0.39, 0.29) is 17.6 Å². The second-order valence-corrected chi connectivity index (χ2v) is 10.2. The molecule has 0 unspecified atom stereocenters. The minimum absolute atomic E-state index is 0.106. The number of aromatic nitrogens is 3. The van der Waals surface area contributed by atoms with Crippen LogP contribution in [0.2, 0.25) is 0 Å². The van der Waals surface area contributed by atoms with Gasteiger partial charge < -0.3 is 10.2 Å². The third kappa shape index (κ3) is 5.25. The number of nitrogens with zero attached hydrogens (tertiary/aromatic N) is 3. The van der Waals surface area contributed by atoms with Gasteiger partial charge in [-0.3, -0.25) is 4.79 Å². The molecule has 0 amide bonds. The molecule has 1 heterocycles. The maximum atomic E-state index is 11.2. The zero-order valence-corrected chi connectivity index (χ0v) is 20.5. The van der Waals surface area contributed by atoms with Crippen LogP contribution in [0.15, 0.2) is 70.5 Å². The number of phenolic OH excluding ortho intramolecular Hbond substituents is 1. The van der Waals surface area contributed by atoms with Gasteiger partial charge in [-0.2, -0.15) is 0 Å². The van der Waals surface area contributed by atoms with E-state index in [2.05, 4.69) is 43.1 Å². The molecule has 0 saturated heterocycles. The molecule has 0 aliphatic carbocycles. The Morgan fingerprint density at radius 2 is 1.74 bits per heavy atom. The Morgan fingerprint density at radius 1 is 1.00 bits per heavy atom. The summed E-state index contributed by atoms with van der Waals surface area (Å²) in [5.41, 5.74) is 3.52. The SMILES string of the molecule is CCC(C)(C)c1cc(CCCC(=O)O)cc(-n2nc3ccc(Sc4ccccc4)cc3n2)c1O. The number of phenols is 1. The van der Waals surface area contributed by atoms with Gasteiger partial charge in [-0.25, -0.2) is 0 Å². The largest absolute Gasteiger partial charge is 0.505 e. The van der Waals surface area contributed by atoms with Crippen LogP contribution in [0, 0.1) is 0 Å². The topological polar surface area (TPSA) is 88.2 Å². The molecular weight excluding hydrogens is 446 g/mol. The van der Waals surface area contributed by atoms with E-state index in [0.29, 0.717) is 18.5 Å². The lowest BCUT2D eigenvalue weighted by Crippen LogP contribution is -2.17. The van der Waals surface area contributed by atoms with Crippen molar-refractivity contribution < 1.29 is 15.0 Å². The lowest BCUT2D eigenvalue weighted by molar-refractivity contribution is -0.137. The molecule has 0 bridgehead atoms. The highest BCUT2D eigenvalue weighted by Crippen LogP contribution is 2.39. The Labute approximate surface area is 203 Å². The minimum Gasteiger partial charge on any atom is -0.505 e. The Balaban J connectivity index is 1.73. The third-order valence-corrected chi connectivity index (χ3v) is 7.16. The number of hydrogen-bond donors (Lipinski definition) is 2. The summed E-state index contributed by atoms with van der Waals surface area (Å²) in [6.07, 6.45) is 2.08. The van der Waals surface area contributed by atoms with E-state index in [1.165, 1.54) is 4.80 Å². The van der Waals surface area contributed by atoms with Crippen LogP contribution in [0.4, 0.5) is 0 Å². The lowest BCUT2D eigenvalue weighted by atomic mass is 9.80. The smallest absolute Gasteiger partial charge is 0.303 e. The zero-order valence-electron chi connectivity index (χ0n) is 19.7. The molecule has 0 aliphatic heterocycles. The molecule has 4 rings (SSSR count). The molecule has 0 fully saturated rings. The number of aromatic hydroxyl groups is 1. The van der Waals surface area contributed by atoms with Gasteiger partial charge in [0.2, 0.25) is 0 Å². The van der Waals surface area contributed by atoms with Gasteiger partial charge in [0.25, 0.3) is 0 Å². The van der Waals surface area contributed by atoms with Crippen molar-refractivity contribution in [1.82, 2.24) is 15.0 Å². The second kappa shape index (κ2) is 9.89. The van der Waals surface area contributed by atoms with Gasteiger partial charge in [0.15, 0.2) is 0 Å². The van der Waals surface area contributed by atoms with E-state index in [4.69, 9.17) is 5.11 Å². The van der Waals surface area contributed by atoms with Crippen molar-refractivity contribution in [2.45, 2.75) is 61.7 Å². The van der Waals surface area contributed by atoms with E-state index in [9.17, 15) is 9.90 Å². The number of carbonyl (C=O) groups is 1. The highest BCUT2D eigenvalue weighted by atomic mass is 32.2. The molecule has 176 valence electrons. The quantitative estimate of drug-likeness (QED) is 0.292. The average Bonchev–Trinajstić information content (AvgIpc) is 3.23. The molecule has 0 saturated carbocycles. The van der Waals surface area contributed by atoms with Crippen molar-refractivity contribution in [2.75, 3.05) is 0 Å². The number of rotatable bonds is 9. The van der Waals surface area contributed by atoms with Crippen LogP contribution in [0.5, 0.6) is 5.75 Å². The summed E-state index contributed by atoms with van der Waals surface area (Å²) >= 11 is 1.66. The van der Waals surface area contributed by atoms with Crippen LogP contribution >= 0.6 is 11.8 Å². The van der Waals surface area contributed by atoms with Crippen molar-refractivity contribution in [3.63, 3.8) is 0 Å². The second-order valence-electron chi connectivity index (χ2n) is 9.05. The van der Waals surface area contributed by atoms with Crippen LogP contribution in [0.1, 0.15) is 51.2 Å². The number of benzene rings is 3. The molecule has 2 N–H and O–H groups in total. The summed E-state index contributed by atoms with van der Waals surface area (Å²) in [6, 6.07) is 20.0. The summed E-state index contributed by atoms with van der Waals surface area (Å²) in [5, 5.41) is 29.6. The molecule has 7 heteroatoms. The first-order chi connectivity index (χ1) is 16.3. The van der Waals surface area contributed by atoms with E-state index in [1.807, 2.05) is 48.5 Å². The first-order valence-electron chi connectivity index (χ1n) is 11.5. The van der Waals surface area contributed by atoms with Crippen molar-refractivity contribution in [3.05, 3.63) is 71.8 Å². The molecule has 0 spiro atoms. The fourth-order valence-corrected chi connectivity index (χ4v) is 4.69. The average molecular weight is 476 g/mol. The van der Waals surface area contributed by atoms with E-state index < -0.39 is 5.97 Å². The Hall–Kier alpha value is -3.32. The van der Waals surface area contributed by atoms with Crippen molar-refractivity contribution >= 4 is 28.8 Å². The molecule has 0 radical (unpaired) electrons. The van der Waals surface area contributed by atoms with E-state index >= 15 is 0 Å².